The minimum atomic E-state index is 0.273. The number of imidazole rings is 1. The highest BCUT2D eigenvalue weighted by Crippen LogP contribution is 2.30. The number of aliphatic hydroxyl groups is 1. The summed E-state index contributed by atoms with van der Waals surface area (Å²) in [4.78, 5) is 6.87. The molecule has 0 saturated heterocycles. The lowest BCUT2D eigenvalue weighted by atomic mass is 10.3. The van der Waals surface area contributed by atoms with Crippen molar-refractivity contribution in [2.75, 3.05) is 13.2 Å². The number of hydrogen-bond acceptors (Lipinski definition) is 3. The van der Waals surface area contributed by atoms with E-state index in [0.29, 0.717) is 11.2 Å². The Hall–Kier alpha value is -1.10. The van der Waals surface area contributed by atoms with E-state index >= 15 is 0 Å². The molecule has 1 saturated carbocycles. The molecule has 0 radical (unpaired) electrons. The van der Waals surface area contributed by atoms with Gasteiger partial charge in [0.15, 0.2) is 5.15 Å². The monoisotopic (exact) mass is 293 g/mol. The van der Waals surface area contributed by atoms with Crippen molar-refractivity contribution in [1.29, 1.82) is 0 Å². The highest BCUT2D eigenvalue weighted by atomic mass is 35.5. The van der Waals surface area contributed by atoms with Gasteiger partial charge in [-0.05, 0) is 44.4 Å². The van der Waals surface area contributed by atoms with Crippen molar-refractivity contribution >= 4 is 17.2 Å². The van der Waals surface area contributed by atoms with Gasteiger partial charge in [-0.15, -0.1) is 0 Å². The lowest BCUT2D eigenvalue weighted by Gasteiger charge is -2.21. The van der Waals surface area contributed by atoms with Gasteiger partial charge >= 0.3 is 0 Å². The smallest absolute Gasteiger partial charge is 0.152 e. The number of nitrogens with zero attached hydrogens (tertiary/aromatic N) is 3. The molecule has 5 heteroatoms. The average molecular weight is 294 g/mol. The van der Waals surface area contributed by atoms with Gasteiger partial charge in [0.1, 0.15) is 5.65 Å². The molecule has 2 aromatic rings. The van der Waals surface area contributed by atoms with Crippen molar-refractivity contribution in [2.45, 2.75) is 38.3 Å². The number of aliphatic hydroxyl groups excluding tert-OH is 1. The molecule has 0 unspecified atom stereocenters. The summed E-state index contributed by atoms with van der Waals surface area (Å²) in [6.45, 7) is 2.12. The second-order valence-electron chi connectivity index (χ2n) is 5.41. The van der Waals surface area contributed by atoms with Crippen molar-refractivity contribution in [2.24, 2.45) is 0 Å². The van der Waals surface area contributed by atoms with Crippen molar-refractivity contribution < 1.29 is 5.11 Å². The van der Waals surface area contributed by atoms with Crippen LogP contribution >= 0.6 is 11.6 Å². The van der Waals surface area contributed by atoms with Crippen LogP contribution in [0.4, 0.5) is 0 Å². The van der Waals surface area contributed by atoms with Gasteiger partial charge in [0.25, 0.3) is 0 Å². The number of rotatable bonds is 7. The van der Waals surface area contributed by atoms with E-state index in [-0.39, 0.29) is 6.61 Å². The van der Waals surface area contributed by atoms with Crippen molar-refractivity contribution in [3.63, 3.8) is 0 Å². The fourth-order valence-corrected chi connectivity index (χ4v) is 2.85. The van der Waals surface area contributed by atoms with Gasteiger partial charge < -0.3 is 9.51 Å². The molecule has 108 valence electrons. The summed E-state index contributed by atoms with van der Waals surface area (Å²) in [6.07, 6.45) is 6.45. The van der Waals surface area contributed by atoms with Crippen LogP contribution in [0.1, 0.15) is 31.4 Å². The summed E-state index contributed by atoms with van der Waals surface area (Å²) in [5.74, 6) is 0. The SMILES string of the molecule is OCCCCN(Cc1c(Cl)nc2ccccn12)C1CC1. The van der Waals surface area contributed by atoms with Crippen LogP contribution in [0.2, 0.25) is 5.15 Å². The fourth-order valence-electron chi connectivity index (χ4n) is 2.61. The average Bonchev–Trinajstić information content (AvgIpc) is 3.24. The van der Waals surface area contributed by atoms with E-state index in [0.717, 1.165) is 37.3 Å². The van der Waals surface area contributed by atoms with E-state index in [9.17, 15) is 0 Å². The normalized spacial score (nSPS) is 15.3. The van der Waals surface area contributed by atoms with Crippen LogP contribution < -0.4 is 0 Å². The Bertz CT molecular complexity index is 580. The molecule has 3 rings (SSSR count). The first-order valence-electron chi connectivity index (χ1n) is 7.26. The quantitative estimate of drug-likeness (QED) is 0.798. The summed E-state index contributed by atoms with van der Waals surface area (Å²) in [5, 5.41) is 9.52. The van der Waals surface area contributed by atoms with E-state index in [4.69, 9.17) is 16.7 Å². The molecule has 2 heterocycles. The van der Waals surface area contributed by atoms with Crippen molar-refractivity contribution in [3.8, 4) is 0 Å². The molecule has 0 amide bonds. The maximum Gasteiger partial charge on any atom is 0.152 e. The third kappa shape index (κ3) is 2.97. The largest absolute Gasteiger partial charge is 0.396 e. The molecule has 0 aliphatic heterocycles. The van der Waals surface area contributed by atoms with Crippen LogP contribution in [0.25, 0.3) is 5.65 Å². The summed E-state index contributed by atoms with van der Waals surface area (Å²) in [5.41, 5.74) is 1.97. The molecular weight excluding hydrogens is 274 g/mol. The molecule has 20 heavy (non-hydrogen) atoms. The first-order chi connectivity index (χ1) is 9.79. The van der Waals surface area contributed by atoms with E-state index in [1.807, 2.05) is 24.4 Å². The number of pyridine rings is 1. The van der Waals surface area contributed by atoms with Crippen molar-refractivity contribution in [3.05, 3.63) is 35.2 Å². The zero-order valence-electron chi connectivity index (χ0n) is 11.5. The first-order valence-corrected chi connectivity index (χ1v) is 7.64. The second kappa shape index (κ2) is 6.12. The van der Waals surface area contributed by atoms with Crippen LogP contribution in [0.5, 0.6) is 0 Å². The van der Waals surface area contributed by atoms with Gasteiger partial charge in [0.2, 0.25) is 0 Å². The van der Waals surface area contributed by atoms with E-state index in [2.05, 4.69) is 14.3 Å². The van der Waals surface area contributed by atoms with E-state index in [1.54, 1.807) is 0 Å². The summed E-state index contributed by atoms with van der Waals surface area (Å²) in [6, 6.07) is 6.63. The molecule has 4 nitrogen and oxygen atoms in total. The standard InChI is InChI=1S/C15H20ClN3O/c16-15-13(19-9-2-1-5-14(19)17-15)11-18(12-6-7-12)8-3-4-10-20/h1-2,5,9,12,20H,3-4,6-8,10-11H2. The zero-order valence-corrected chi connectivity index (χ0v) is 12.3. The van der Waals surface area contributed by atoms with Crippen LogP contribution in [0, 0.1) is 0 Å². The van der Waals surface area contributed by atoms with Crippen LogP contribution in [0.15, 0.2) is 24.4 Å². The minimum absolute atomic E-state index is 0.273. The number of unbranched alkanes of at least 4 members (excludes halogenated alkanes) is 1. The van der Waals surface area contributed by atoms with Gasteiger partial charge in [0.05, 0.1) is 5.69 Å². The number of fused-ring (bicyclic) bond motifs is 1. The molecule has 1 fully saturated rings. The fraction of sp³-hybridized carbons (Fsp3) is 0.533. The Morgan fingerprint density at radius 2 is 2.20 bits per heavy atom. The lowest BCUT2D eigenvalue weighted by molar-refractivity contribution is 0.226. The second-order valence-corrected chi connectivity index (χ2v) is 5.77. The van der Waals surface area contributed by atoms with E-state index < -0.39 is 0 Å². The molecule has 1 N–H and O–H groups in total. The number of hydrogen-bond donors (Lipinski definition) is 1. The van der Waals surface area contributed by atoms with Crippen LogP contribution in [0.3, 0.4) is 0 Å². The van der Waals surface area contributed by atoms with E-state index in [1.165, 1.54) is 12.8 Å². The Morgan fingerprint density at radius 1 is 1.35 bits per heavy atom. The van der Waals surface area contributed by atoms with Crippen LogP contribution in [-0.2, 0) is 6.54 Å². The highest BCUT2D eigenvalue weighted by molar-refractivity contribution is 6.30. The van der Waals surface area contributed by atoms with Gasteiger partial charge in [-0.25, -0.2) is 4.98 Å². The predicted octanol–water partition coefficient (Wildman–Crippen LogP) is 2.72. The Kier molecular flexibility index (Phi) is 4.24. The maximum atomic E-state index is 8.92. The molecule has 0 atom stereocenters. The van der Waals surface area contributed by atoms with Gasteiger partial charge in [0, 0.05) is 25.4 Å². The molecule has 0 spiro atoms. The maximum absolute atomic E-state index is 8.92. The molecule has 0 aromatic carbocycles. The molecule has 1 aliphatic rings. The minimum Gasteiger partial charge on any atom is -0.396 e. The highest BCUT2D eigenvalue weighted by Gasteiger charge is 2.29. The summed E-state index contributed by atoms with van der Waals surface area (Å²) in [7, 11) is 0. The van der Waals surface area contributed by atoms with Gasteiger partial charge in [-0.1, -0.05) is 17.7 Å². The third-order valence-corrected chi connectivity index (χ3v) is 4.15. The predicted molar refractivity (Wildman–Crippen MR) is 80.0 cm³/mol. The van der Waals surface area contributed by atoms with Crippen molar-refractivity contribution in [1.82, 2.24) is 14.3 Å². The molecule has 2 aromatic heterocycles. The Balaban J connectivity index is 1.77. The first kappa shape index (κ1) is 13.9. The Labute approximate surface area is 124 Å². The molecular formula is C15H20ClN3O. The molecule has 0 bridgehead atoms. The molecule has 1 aliphatic carbocycles. The third-order valence-electron chi connectivity index (χ3n) is 3.85. The zero-order chi connectivity index (χ0) is 13.9. The number of halogens is 1. The topological polar surface area (TPSA) is 40.8 Å². The van der Waals surface area contributed by atoms with Crippen LogP contribution in [-0.4, -0.2) is 38.6 Å². The Morgan fingerprint density at radius 3 is 2.95 bits per heavy atom. The summed E-state index contributed by atoms with van der Waals surface area (Å²) < 4.78 is 2.07. The lowest BCUT2D eigenvalue weighted by Crippen LogP contribution is -2.27. The van der Waals surface area contributed by atoms with Gasteiger partial charge in [-0.3, -0.25) is 4.90 Å². The number of aromatic nitrogens is 2. The van der Waals surface area contributed by atoms with Gasteiger partial charge in [-0.2, -0.15) is 0 Å². The summed E-state index contributed by atoms with van der Waals surface area (Å²) >= 11 is 6.30.